The van der Waals surface area contributed by atoms with Crippen LogP contribution < -0.4 is 5.73 Å². The smallest absolute Gasteiger partial charge is 0.410 e. The average Bonchev–Trinajstić information content (AvgIpc) is 2.99. The second kappa shape index (κ2) is 7.34. The van der Waals surface area contributed by atoms with Crippen molar-refractivity contribution in [1.29, 1.82) is 0 Å². The van der Waals surface area contributed by atoms with Gasteiger partial charge in [0.2, 0.25) is 0 Å². The van der Waals surface area contributed by atoms with Crippen LogP contribution in [0.1, 0.15) is 20.8 Å². The summed E-state index contributed by atoms with van der Waals surface area (Å²) in [6.07, 6.45) is 3.36. The van der Waals surface area contributed by atoms with E-state index in [0.717, 1.165) is 0 Å². The van der Waals surface area contributed by atoms with Crippen LogP contribution in [0, 0.1) is 0 Å². The van der Waals surface area contributed by atoms with Gasteiger partial charge in [0.25, 0.3) is 0 Å². The van der Waals surface area contributed by atoms with Crippen LogP contribution in [-0.2, 0) is 11.3 Å². The van der Waals surface area contributed by atoms with E-state index in [2.05, 4.69) is 10.1 Å². The van der Waals surface area contributed by atoms with E-state index < -0.39 is 5.60 Å². The largest absolute Gasteiger partial charge is 0.444 e. The first kappa shape index (κ1) is 17.1. The zero-order valence-corrected chi connectivity index (χ0v) is 14.1. The highest BCUT2D eigenvalue weighted by atomic mass is 16.6. The predicted octanol–water partition coefficient (Wildman–Crippen LogP) is 0.751. The summed E-state index contributed by atoms with van der Waals surface area (Å²) >= 11 is 0. The van der Waals surface area contributed by atoms with Crippen molar-refractivity contribution in [3.63, 3.8) is 0 Å². The van der Waals surface area contributed by atoms with Crippen molar-refractivity contribution >= 4 is 12.1 Å². The lowest BCUT2D eigenvalue weighted by molar-refractivity contribution is 0.0186. The van der Waals surface area contributed by atoms with Gasteiger partial charge in [0.15, 0.2) is 5.96 Å². The average molecular weight is 322 g/mol. The second-order valence-electron chi connectivity index (χ2n) is 6.46. The highest BCUT2D eigenvalue weighted by Gasteiger charge is 2.26. The molecule has 1 saturated heterocycles. The molecule has 1 aliphatic heterocycles. The van der Waals surface area contributed by atoms with E-state index >= 15 is 0 Å². The molecule has 1 amide bonds. The molecule has 1 fully saturated rings. The van der Waals surface area contributed by atoms with Crippen LogP contribution in [0.3, 0.4) is 0 Å². The van der Waals surface area contributed by atoms with E-state index in [-0.39, 0.29) is 6.09 Å². The van der Waals surface area contributed by atoms with Gasteiger partial charge in [0.1, 0.15) is 5.60 Å². The number of rotatable bonds is 3. The Morgan fingerprint density at radius 1 is 1.26 bits per heavy atom. The normalized spacial score (nSPS) is 16.6. The SMILES string of the molecule is CC(C)(C)OC(=O)N1CCN(C(N)=NCCn2cccn2)CC1. The van der Waals surface area contributed by atoms with Crippen molar-refractivity contribution in [1.82, 2.24) is 19.6 Å². The van der Waals surface area contributed by atoms with Crippen molar-refractivity contribution in [2.75, 3.05) is 32.7 Å². The van der Waals surface area contributed by atoms with Gasteiger partial charge in [0.05, 0.1) is 13.1 Å². The minimum Gasteiger partial charge on any atom is -0.444 e. The summed E-state index contributed by atoms with van der Waals surface area (Å²) < 4.78 is 7.19. The molecule has 8 nitrogen and oxygen atoms in total. The molecule has 8 heteroatoms. The van der Waals surface area contributed by atoms with E-state index in [4.69, 9.17) is 10.5 Å². The Bertz CT molecular complexity index is 527. The van der Waals surface area contributed by atoms with Crippen molar-refractivity contribution in [2.24, 2.45) is 10.7 Å². The van der Waals surface area contributed by atoms with E-state index in [1.54, 1.807) is 11.1 Å². The number of piperazine rings is 1. The summed E-state index contributed by atoms with van der Waals surface area (Å²) in [4.78, 5) is 20.1. The molecule has 0 aliphatic carbocycles. The van der Waals surface area contributed by atoms with Crippen molar-refractivity contribution in [3.8, 4) is 0 Å². The Hall–Kier alpha value is -2.25. The van der Waals surface area contributed by atoms with Crippen LogP contribution in [0.5, 0.6) is 0 Å². The van der Waals surface area contributed by atoms with Gasteiger partial charge in [-0.15, -0.1) is 0 Å². The first-order valence-corrected chi connectivity index (χ1v) is 7.85. The molecule has 0 radical (unpaired) electrons. The molecule has 128 valence electrons. The van der Waals surface area contributed by atoms with Crippen molar-refractivity contribution < 1.29 is 9.53 Å². The maximum atomic E-state index is 12.0. The topological polar surface area (TPSA) is 89.0 Å². The summed E-state index contributed by atoms with van der Waals surface area (Å²) in [5.74, 6) is 0.515. The number of nitrogens with two attached hydrogens (primary N) is 1. The molecular formula is C15H26N6O2. The molecule has 0 spiro atoms. The number of nitrogens with zero attached hydrogens (tertiary/aromatic N) is 5. The predicted molar refractivity (Wildman–Crippen MR) is 88.1 cm³/mol. The van der Waals surface area contributed by atoms with Crippen LogP contribution in [0.2, 0.25) is 0 Å². The Balaban J connectivity index is 1.75. The van der Waals surface area contributed by atoms with Gasteiger partial charge in [-0.3, -0.25) is 9.67 Å². The van der Waals surface area contributed by atoms with Gasteiger partial charge < -0.3 is 20.3 Å². The minimum atomic E-state index is -0.471. The fourth-order valence-electron chi connectivity index (χ4n) is 2.24. The maximum absolute atomic E-state index is 12.0. The number of guanidine groups is 1. The lowest BCUT2D eigenvalue weighted by atomic mass is 10.2. The molecular weight excluding hydrogens is 296 g/mol. The van der Waals surface area contributed by atoms with Crippen LogP contribution in [-0.4, -0.2) is 70.0 Å². The molecule has 2 heterocycles. The highest BCUT2D eigenvalue weighted by molar-refractivity contribution is 5.78. The second-order valence-corrected chi connectivity index (χ2v) is 6.46. The van der Waals surface area contributed by atoms with Crippen LogP contribution in [0.25, 0.3) is 0 Å². The van der Waals surface area contributed by atoms with E-state index in [0.29, 0.717) is 45.2 Å². The van der Waals surface area contributed by atoms with Crippen molar-refractivity contribution in [2.45, 2.75) is 32.9 Å². The number of hydrogen-bond donors (Lipinski definition) is 1. The van der Waals surface area contributed by atoms with Crippen LogP contribution in [0.15, 0.2) is 23.5 Å². The van der Waals surface area contributed by atoms with Gasteiger partial charge in [-0.2, -0.15) is 5.10 Å². The molecule has 2 N–H and O–H groups in total. The third-order valence-electron chi connectivity index (χ3n) is 3.42. The zero-order chi connectivity index (χ0) is 16.9. The fraction of sp³-hybridized carbons (Fsp3) is 0.667. The van der Waals surface area contributed by atoms with Crippen LogP contribution in [0.4, 0.5) is 4.79 Å². The summed E-state index contributed by atoms with van der Waals surface area (Å²) in [6.45, 7) is 9.38. The molecule has 0 aromatic carbocycles. The molecule has 0 bridgehead atoms. The number of hydrogen-bond acceptors (Lipinski definition) is 4. The first-order chi connectivity index (χ1) is 10.8. The summed E-state index contributed by atoms with van der Waals surface area (Å²) in [6, 6.07) is 1.88. The quantitative estimate of drug-likeness (QED) is 0.655. The molecule has 1 aliphatic rings. The number of carbonyl (C=O) groups excluding carboxylic acids is 1. The van der Waals surface area contributed by atoms with E-state index in [9.17, 15) is 4.79 Å². The van der Waals surface area contributed by atoms with Gasteiger partial charge in [-0.25, -0.2) is 4.79 Å². The maximum Gasteiger partial charge on any atom is 0.410 e. The number of amides is 1. The minimum absolute atomic E-state index is 0.272. The zero-order valence-electron chi connectivity index (χ0n) is 14.1. The van der Waals surface area contributed by atoms with E-state index in [1.165, 1.54) is 0 Å². The van der Waals surface area contributed by atoms with E-state index in [1.807, 2.05) is 42.6 Å². The summed E-state index contributed by atoms with van der Waals surface area (Å²) in [7, 11) is 0. The molecule has 0 saturated carbocycles. The molecule has 0 unspecified atom stereocenters. The van der Waals surface area contributed by atoms with Gasteiger partial charge >= 0.3 is 6.09 Å². The molecule has 2 rings (SSSR count). The van der Waals surface area contributed by atoms with Gasteiger partial charge in [-0.1, -0.05) is 0 Å². The lowest BCUT2D eigenvalue weighted by Crippen LogP contribution is -2.53. The highest BCUT2D eigenvalue weighted by Crippen LogP contribution is 2.11. The monoisotopic (exact) mass is 322 g/mol. The Kier molecular flexibility index (Phi) is 5.46. The molecule has 1 aromatic rings. The Morgan fingerprint density at radius 3 is 2.48 bits per heavy atom. The Morgan fingerprint density at radius 2 is 1.91 bits per heavy atom. The number of aliphatic imine (C=N–C) groups is 1. The third-order valence-corrected chi connectivity index (χ3v) is 3.42. The van der Waals surface area contributed by atoms with Crippen LogP contribution >= 0.6 is 0 Å². The first-order valence-electron chi connectivity index (χ1n) is 7.85. The van der Waals surface area contributed by atoms with Gasteiger partial charge in [0, 0.05) is 38.6 Å². The number of ether oxygens (including phenoxy) is 1. The fourth-order valence-corrected chi connectivity index (χ4v) is 2.24. The molecule has 23 heavy (non-hydrogen) atoms. The molecule has 1 aromatic heterocycles. The standard InChI is InChI=1S/C15H26N6O2/c1-15(2,3)23-14(22)20-11-9-19(10-12-20)13(16)17-6-8-21-7-4-5-18-21/h4-5,7H,6,8-12H2,1-3H3,(H2,16,17). The lowest BCUT2D eigenvalue weighted by Gasteiger charge is -2.36. The number of carbonyl (C=O) groups is 1. The Labute approximate surface area is 136 Å². The number of aromatic nitrogens is 2. The van der Waals surface area contributed by atoms with Gasteiger partial charge in [-0.05, 0) is 26.8 Å². The summed E-state index contributed by atoms with van der Waals surface area (Å²) in [5.41, 5.74) is 5.55. The van der Waals surface area contributed by atoms with Crippen molar-refractivity contribution in [3.05, 3.63) is 18.5 Å². The summed E-state index contributed by atoms with van der Waals surface area (Å²) in [5, 5.41) is 4.12. The molecule has 0 atom stereocenters. The third kappa shape index (κ3) is 5.46.